The fourth-order valence-electron chi connectivity index (χ4n) is 2.46. The normalized spacial score (nSPS) is 20.4. The number of thiazole rings is 1. The lowest BCUT2D eigenvalue weighted by molar-refractivity contribution is 0.752. The van der Waals surface area contributed by atoms with E-state index in [4.69, 9.17) is 10.7 Å². The maximum absolute atomic E-state index is 5.95. The quantitative estimate of drug-likeness (QED) is 0.841. The molecule has 0 bridgehead atoms. The molecule has 0 radical (unpaired) electrons. The molecule has 3 rings (SSSR count). The zero-order valence-corrected chi connectivity index (χ0v) is 11.0. The fourth-order valence-corrected chi connectivity index (χ4v) is 3.63. The van der Waals surface area contributed by atoms with Crippen LogP contribution in [0, 0.1) is 13.8 Å². The average molecular weight is 247 g/mol. The maximum atomic E-state index is 5.95. The minimum absolute atomic E-state index is 0.310. The Labute approximate surface area is 105 Å². The van der Waals surface area contributed by atoms with Crippen molar-refractivity contribution in [3.63, 3.8) is 0 Å². The third-order valence-corrected chi connectivity index (χ3v) is 4.38. The van der Waals surface area contributed by atoms with E-state index in [0.717, 1.165) is 30.2 Å². The highest BCUT2D eigenvalue weighted by Crippen LogP contribution is 2.32. The van der Waals surface area contributed by atoms with E-state index in [9.17, 15) is 0 Å². The number of anilines is 1. The lowest BCUT2D eigenvalue weighted by atomic mass is 10.1. The van der Waals surface area contributed by atoms with E-state index in [-0.39, 0.29) is 0 Å². The van der Waals surface area contributed by atoms with Gasteiger partial charge in [0.15, 0.2) is 5.13 Å². The number of benzene rings is 1. The molecule has 1 saturated heterocycles. The molecule has 90 valence electrons. The van der Waals surface area contributed by atoms with Crippen molar-refractivity contribution >= 4 is 26.7 Å². The largest absolute Gasteiger partial charge is 0.346 e. The minimum Gasteiger partial charge on any atom is -0.346 e. The molecule has 2 N–H and O–H groups in total. The van der Waals surface area contributed by atoms with Crippen molar-refractivity contribution in [1.82, 2.24) is 4.98 Å². The van der Waals surface area contributed by atoms with Crippen LogP contribution in [0.2, 0.25) is 0 Å². The molecule has 0 spiro atoms. The summed E-state index contributed by atoms with van der Waals surface area (Å²) in [5.74, 6) is 0. The van der Waals surface area contributed by atoms with Crippen LogP contribution in [0.5, 0.6) is 0 Å². The van der Waals surface area contributed by atoms with E-state index >= 15 is 0 Å². The number of rotatable bonds is 1. The molecule has 1 aliphatic heterocycles. The molecular weight excluding hydrogens is 230 g/mol. The van der Waals surface area contributed by atoms with Crippen molar-refractivity contribution in [2.45, 2.75) is 26.3 Å². The second kappa shape index (κ2) is 3.96. The second-order valence-electron chi connectivity index (χ2n) is 4.92. The van der Waals surface area contributed by atoms with Gasteiger partial charge in [-0.05, 0) is 37.5 Å². The van der Waals surface area contributed by atoms with Gasteiger partial charge < -0.3 is 10.6 Å². The molecule has 3 nitrogen and oxygen atoms in total. The van der Waals surface area contributed by atoms with Crippen molar-refractivity contribution < 1.29 is 0 Å². The van der Waals surface area contributed by atoms with Crippen molar-refractivity contribution in [2.75, 3.05) is 18.0 Å². The first kappa shape index (κ1) is 11.0. The summed E-state index contributed by atoms with van der Waals surface area (Å²) in [4.78, 5) is 7.07. The first-order valence-corrected chi connectivity index (χ1v) is 6.83. The lowest BCUT2D eigenvalue weighted by Gasteiger charge is -2.12. The Bertz CT molecular complexity index is 561. The monoisotopic (exact) mass is 247 g/mol. The molecule has 0 amide bonds. The number of hydrogen-bond acceptors (Lipinski definition) is 4. The van der Waals surface area contributed by atoms with E-state index in [1.54, 1.807) is 11.3 Å². The van der Waals surface area contributed by atoms with Gasteiger partial charge in [-0.1, -0.05) is 17.4 Å². The average Bonchev–Trinajstić information content (AvgIpc) is 2.83. The zero-order valence-electron chi connectivity index (χ0n) is 10.2. The van der Waals surface area contributed by atoms with Gasteiger partial charge in [0.05, 0.1) is 10.2 Å². The topological polar surface area (TPSA) is 42.2 Å². The SMILES string of the molecule is Cc1cc(C)c2nc(N3CCC(N)C3)sc2c1. The minimum atomic E-state index is 0.310. The summed E-state index contributed by atoms with van der Waals surface area (Å²) in [7, 11) is 0. The Balaban J connectivity index is 2.04. The smallest absolute Gasteiger partial charge is 0.186 e. The van der Waals surface area contributed by atoms with Crippen LogP contribution >= 0.6 is 11.3 Å². The summed E-state index contributed by atoms with van der Waals surface area (Å²) in [5.41, 5.74) is 9.67. The third-order valence-electron chi connectivity index (χ3n) is 3.31. The van der Waals surface area contributed by atoms with Gasteiger partial charge in [0.25, 0.3) is 0 Å². The molecule has 2 aromatic rings. The Morgan fingerprint density at radius 2 is 2.24 bits per heavy atom. The molecule has 1 aromatic carbocycles. The fraction of sp³-hybridized carbons (Fsp3) is 0.462. The number of hydrogen-bond donors (Lipinski definition) is 1. The van der Waals surface area contributed by atoms with Gasteiger partial charge in [-0.3, -0.25) is 0 Å². The first-order chi connectivity index (χ1) is 8.13. The van der Waals surface area contributed by atoms with E-state index < -0.39 is 0 Å². The van der Waals surface area contributed by atoms with Crippen LogP contribution < -0.4 is 10.6 Å². The number of aryl methyl sites for hydroxylation is 2. The number of nitrogens with zero attached hydrogens (tertiary/aromatic N) is 2. The second-order valence-corrected chi connectivity index (χ2v) is 5.93. The number of nitrogens with two attached hydrogens (primary N) is 1. The van der Waals surface area contributed by atoms with Gasteiger partial charge in [0.2, 0.25) is 0 Å². The van der Waals surface area contributed by atoms with E-state index in [2.05, 4.69) is 30.9 Å². The Morgan fingerprint density at radius 1 is 1.41 bits per heavy atom. The van der Waals surface area contributed by atoms with Gasteiger partial charge in [-0.15, -0.1) is 0 Å². The van der Waals surface area contributed by atoms with Gasteiger partial charge in [-0.25, -0.2) is 4.98 Å². The van der Waals surface area contributed by atoms with E-state index in [1.807, 2.05) is 0 Å². The third kappa shape index (κ3) is 1.91. The summed E-state index contributed by atoms with van der Waals surface area (Å²) in [5, 5.41) is 1.13. The molecule has 4 heteroatoms. The maximum Gasteiger partial charge on any atom is 0.186 e. The Morgan fingerprint density at radius 3 is 2.94 bits per heavy atom. The van der Waals surface area contributed by atoms with Crippen molar-refractivity contribution in [1.29, 1.82) is 0 Å². The van der Waals surface area contributed by atoms with Crippen LogP contribution in [0.15, 0.2) is 12.1 Å². The van der Waals surface area contributed by atoms with Gasteiger partial charge in [0.1, 0.15) is 0 Å². The first-order valence-electron chi connectivity index (χ1n) is 6.02. The van der Waals surface area contributed by atoms with Crippen molar-refractivity contribution in [3.8, 4) is 0 Å². The van der Waals surface area contributed by atoms with Crippen molar-refractivity contribution in [2.24, 2.45) is 5.73 Å². The molecule has 0 aliphatic carbocycles. The molecule has 1 unspecified atom stereocenters. The number of fused-ring (bicyclic) bond motifs is 1. The van der Waals surface area contributed by atoms with Crippen molar-refractivity contribution in [3.05, 3.63) is 23.3 Å². The van der Waals surface area contributed by atoms with E-state index in [1.165, 1.54) is 15.8 Å². The van der Waals surface area contributed by atoms with Crippen LogP contribution in [0.3, 0.4) is 0 Å². The lowest BCUT2D eigenvalue weighted by Crippen LogP contribution is -2.26. The highest BCUT2D eigenvalue weighted by atomic mass is 32.1. The van der Waals surface area contributed by atoms with Gasteiger partial charge >= 0.3 is 0 Å². The van der Waals surface area contributed by atoms with E-state index in [0.29, 0.717) is 6.04 Å². The summed E-state index contributed by atoms with van der Waals surface area (Å²) < 4.78 is 1.29. The van der Waals surface area contributed by atoms with Crippen LogP contribution in [-0.2, 0) is 0 Å². The molecule has 0 saturated carbocycles. The molecule has 1 fully saturated rings. The highest BCUT2D eigenvalue weighted by molar-refractivity contribution is 7.22. The standard InChI is InChI=1S/C13H17N3S/c1-8-5-9(2)12-11(6-8)17-13(15-12)16-4-3-10(14)7-16/h5-6,10H,3-4,7,14H2,1-2H3. The van der Waals surface area contributed by atoms with Crippen LogP contribution in [0.4, 0.5) is 5.13 Å². The molecule has 2 heterocycles. The van der Waals surface area contributed by atoms with Crippen LogP contribution in [0.25, 0.3) is 10.2 Å². The molecule has 1 atom stereocenters. The summed E-state index contributed by atoms with van der Waals surface area (Å²) in [6.07, 6.45) is 1.08. The summed E-state index contributed by atoms with van der Waals surface area (Å²) in [6.45, 7) is 6.25. The molecule has 1 aliphatic rings. The zero-order chi connectivity index (χ0) is 12.0. The Hall–Kier alpha value is -1.13. The van der Waals surface area contributed by atoms with Gasteiger partial charge in [-0.2, -0.15) is 0 Å². The number of aromatic nitrogens is 1. The van der Waals surface area contributed by atoms with Crippen LogP contribution in [0.1, 0.15) is 17.5 Å². The molecule has 1 aromatic heterocycles. The predicted octanol–water partition coefficient (Wildman–Crippen LogP) is 2.45. The predicted molar refractivity (Wildman–Crippen MR) is 73.9 cm³/mol. The summed E-state index contributed by atoms with van der Waals surface area (Å²) >= 11 is 1.78. The van der Waals surface area contributed by atoms with Crippen LogP contribution in [-0.4, -0.2) is 24.1 Å². The van der Waals surface area contributed by atoms with Gasteiger partial charge in [0, 0.05) is 19.1 Å². The molecule has 17 heavy (non-hydrogen) atoms. The highest BCUT2D eigenvalue weighted by Gasteiger charge is 2.22. The summed E-state index contributed by atoms with van der Waals surface area (Å²) in [6, 6.07) is 4.73. The molecular formula is C13H17N3S. The Kier molecular flexibility index (Phi) is 2.56.